The fraction of sp³-hybridized carbons (Fsp3) is 0.231. The van der Waals surface area contributed by atoms with Gasteiger partial charge in [-0.15, -0.1) is 0 Å². The molecule has 3 rings (SSSR count). The molecule has 3 aromatic rings. The predicted octanol–water partition coefficient (Wildman–Crippen LogP) is 7.41. The average Bonchev–Trinajstić information content (AvgIpc) is 2.80. The second-order valence-electron chi connectivity index (χ2n) is 7.31. The number of allylic oxidation sites excluding steroid dienone is 1. The van der Waals surface area contributed by atoms with Crippen molar-refractivity contribution in [2.24, 2.45) is 0 Å². The van der Waals surface area contributed by atoms with Crippen LogP contribution in [0, 0.1) is 11.8 Å². The van der Waals surface area contributed by atoms with Crippen molar-refractivity contribution in [3.8, 4) is 11.8 Å². The molecular weight excluding hydrogens is 465 g/mol. The van der Waals surface area contributed by atoms with Crippen LogP contribution in [-0.2, 0) is 6.18 Å². The van der Waals surface area contributed by atoms with Gasteiger partial charge >= 0.3 is 6.18 Å². The summed E-state index contributed by atoms with van der Waals surface area (Å²) in [6, 6.07) is 18.2. The van der Waals surface area contributed by atoms with Crippen molar-refractivity contribution < 1.29 is 13.2 Å². The van der Waals surface area contributed by atoms with E-state index in [1.807, 2.05) is 12.1 Å². The van der Waals surface area contributed by atoms with E-state index in [1.54, 1.807) is 6.08 Å². The van der Waals surface area contributed by atoms with Crippen LogP contribution in [0.15, 0.2) is 77.7 Å². The maximum Gasteiger partial charge on any atom is 0.416 e. The van der Waals surface area contributed by atoms with E-state index >= 15 is 0 Å². The molecule has 2 nitrogen and oxygen atoms in total. The molecule has 0 aliphatic rings. The highest BCUT2D eigenvalue weighted by Gasteiger charge is 2.30. The van der Waals surface area contributed by atoms with E-state index in [-0.39, 0.29) is 11.1 Å². The molecule has 172 valence electrons. The SMILES string of the molecule is CC(NC/C=C/C#CCCNSc1cc(C(F)(F)F)ccc1Cl)c1cccc2ccccc12. The van der Waals surface area contributed by atoms with E-state index in [0.717, 1.165) is 24.1 Å². The van der Waals surface area contributed by atoms with Crippen molar-refractivity contribution in [1.82, 2.24) is 10.0 Å². The van der Waals surface area contributed by atoms with Gasteiger partial charge in [-0.3, -0.25) is 4.72 Å². The Kier molecular flexibility index (Phi) is 9.28. The molecule has 1 atom stereocenters. The van der Waals surface area contributed by atoms with Crippen LogP contribution >= 0.6 is 23.5 Å². The zero-order valence-electron chi connectivity index (χ0n) is 18.0. The highest BCUT2D eigenvalue weighted by atomic mass is 35.5. The molecule has 7 heteroatoms. The average molecular weight is 489 g/mol. The molecule has 0 aromatic heterocycles. The Hall–Kier alpha value is -2.43. The molecule has 0 aliphatic heterocycles. The first kappa shape index (κ1) is 25.2. The Morgan fingerprint density at radius 2 is 1.88 bits per heavy atom. The van der Waals surface area contributed by atoms with Crippen molar-refractivity contribution in [3.05, 3.63) is 89.0 Å². The topological polar surface area (TPSA) is 24.1 Å². The predicted molar refractivity (Wildman–Crippen MR) is 132 cm³/mol. The standard InChI is InChI=1S/C26H24ClF3N2S/c1-19(22-13-9-11-20-10-5-6-12-23(20)22)31-16-7-3-2-4-8-17-32-33-25-18-21(26(28,29)30)14-15-24(25)27/h3,5-7,9-15,18-19,31-32H,8,16-17H2,1H3/b7-3+. The van der Waals surface area contributed by atoms with Crippen LogP contribution in [0.2, 0.25) is 5.02 Å². The zero-order valence-corrected chi connectivity index (χ0v) is 19.6. The second kappa shape index (κ2) is 12.2. The zero-order chi connectivity index (χ0) is 23.7. The van der Waals surface area contributed by atoms with Crippen LogP contribution in [0.25, 0.3) is 10.8 Å². The number of fused-ring (bicyclic) bond motifs is 1. The summed E-state index contributed by atoms with van der Waals surface area (Å²) in [5.74, 6) is 5.99. The number of benzene rings is 3. The maximum atomic E-state index is 12.8. The smallest absolute Gasteiger partial charge is 0.307 e. The first-order valence-corrected chi connectivity index (χ1v) is 11.7. The number of halogens is 4. The van der Waals surface area contributed by atoms with Crippen molar-refractivity contribution in [2.75, 3.05) is 13.1 Å². The lowest BCUT2D eigenvalue weighted by Crippen LogP contribution is -2.18. The van der Waals surface area contributed by atoms with Crippen molar-refractivity contribution in [3.63, 3.8) is 0 Å². The summed E-state index contributed by atoms with van der Waals surface area (Å²) in [6.07, 6.45) is -0.0497. The van der Waals surface area contributed by atoms with Gasteiger partial charge in [-0.2, -0.15) is 13.2 Å². The Morgan fingerprint density at radius 3 is 2.70 bits per heavy atom. The van der Waals surface area contributed by atoms with Crippen LogP contribution in [0.1, 0.15) is 30.5 Å². The van der Waals surface area contributed by atoms with Gasteiger partial charge in [-0.25, -0.2) is 0 Å². The lowest BCUT2D eigenvalue weighted by Gasteiger charge is -2.15. The van der Waals surface area contributed by atoms with Gasteiger partial charge < -0.3 is 5.32 Å². The third-order valence-electron chi connectivity index (χ3n) is 4.93. The van der Waals surface area contributed by atoms with Crippen LogP contribution in [-0.4, -0.2) is 13.1 Å². The lowest BCUT2D eigenvalue weighted by atomic mass is 10.00. The molecule has 0 fully saturated rings. The van der Waals surface area contributed by atoms with Gasteiger partial charge in [0.1, 0.15) is 0 Å². The van der Waals surface area contributed by atoms with Gasteiger partial charge in [0.2, 0.25) is 0 Å². The van der Waals surface area contributed by atoms with Gasteiger partial charge in [-0.1, -0.05) is 72.0 Å². The fourth-order valence-corrected chi connectivity index (χ4v) is 4.18. The second-order valence-corrected chi connectivity index (χ2v) is 8.65. The van der Waals surface area contributed by atoms with Gasteiger partial charge in [0, 0.05) is 30.4 Å². The number of alkyl halides is 3. The molecule has 33 heavy (non-hydrogen) atoms. The highest BCUT2D eigenvalue weighted by molar-refractivity contribution is 7.97. The van der Waals surface area contributed by atoms with Crippen LogP contribution in [0.4, 0.5) is 13.2 Å². The Balaban J connectivity index is 1.38. The largest absolute Gasteiger partial charge is 0.416 e. The number of rotatable bonds is 8. The van der Waals surface area contributed by atoms with Crippen molar-refractivity contribution in [2.45, 2.75) is 30.5 Å². The molecule has 0 saturated carbocycles. The van der Waals surface area contributed by atoms with Gasteiger partial charge in [0.25, 0.3) is 0 Å². The molecule has 3 aromatic carbocycles. The molecule has 0 heterocycles. The summed E-state index contributed by atoms with van der Waals surface area (Å²) in [5.41, 5.74) is 0.543. The molecular formula is C26H24ClF3N2S. The van der Waals surface area contributed by atoms with Crippen LogP contribution in [0.3, 0.4) is 0 Å². The fourth-order valence-electron chi connectivity index (χ4n) is 3.23. The Bertz CT molecular complexity index is 1160. The maximum absolute atomic E-state index is 12.8. The molecule has 0 spiro atoms. The first-order chi connectivity index (χ1) is 15.9. The van der Waals surface area contributed by atoms with E-state index in [0.29, 0.717) is 24.4 Å². The number of nitrogens with one attached hydrogen (secondary N) is 2. The summed E-state index contributed by atoms with van der Waals surface area (Å²) < 4.78 is 41.4. The Labute approximate surface area is 201 Å². The van der Waals surface area contributed by atoms with E-state index in [1.165, 1.54) is 22.4 Å². The van der Waals surface area contributed by atoms with Crippen LogP contribution < -0.4 is 10.0 Å². The van der Waals surface area contributed by atoms with Crippen LogP contribution in [0.5, 0.6) is 0 Å². The van der Waals surface area contributed by atoms with Crippen molar-refractivity contribution >= 4 is 34.3 Å². The summed E-state index contributed by atoms with van der Waals surface area (Å²) >= 11 is 7.05. The Morgan fingerprint density at radius 1 is 1.09 bits per heavy atom. The summed E-state index contributed by atoms with van der Waals surface area (Å²) in [5, 5.41) is 6.23. The third-order valence-corrected chi connectivity index (χ3v) is 6.28. The van der Waals surface area contributed by atoms with E-state index in [9.17, 15) is 13.2 Å². The van der Waals surface area contributed by atoms with Crippen molar-refractivity contribution in [1.29, 1.82) is 0 Å². The normalized spacial score (nSPS) is 12.6. The molecule has 0 bridgehead atoms. The molecule has 0 radical (unpaired) electrons. The minimum absolute atomic E-state index is 0.206. The van der Waals surface area contributed by atoms with Gasteiger partial charge in [0.05, 0.1) is 10.6 Å². The summed E-state index contributed by atoms with van der Waals surface area (Å²) in [4.78, 5) is 0.339. The van der Waals surface area contributed by atoms with E-state index in [4.69, 9.17) is 11.6 Å². The minimum atomic E-state index is -4.39. The molecule has 0 amide bonds. The molecule has 0 saturated heterocycles. The molecule has 2 N–H and O–H groups in total. The minimum Gasteiger partial charge on any atom is -0.307 e. The van der Waals surface area contributed by atoms with Gasteiger partial charge in [-0.05, 0) is 59.5 Å². The van der Waals surface area contributed by atoms with E-state index < -0.39 is 11.7 Å². The van der Waals surface area contributed by atoms with E-state index in [2.05, 4.69) is 65.2 Å². The quantitative estimate of drug-likeness (QED) is 0.196. The number of hydrogen-bond acceptors (Lipinski definition) is 3. The molecule has 1 unspecified atom stereocenters. The van der Waals surface area contributed by atoms with Gasteiger partial charge in [0.15, 0.2) is 0 Å². The first-order valence-electron chi connectivity index (χ1n) is 10.5. The highest BCUT2D eigenvalue weighted by Crippen LogP contribution is 2.34. The summed E-state index contributed by atoms with van der Waals surface area (Å²) in [6.45, 7) is 3.36. The number of hydrogen-bond donors (Lipinski definition) is 2. The monoisotopic (exact) mass is 488 g/mol. The molecule has 0 aliphatic carbocycles. The lowest BCUT2D eigenvalue weighted by molar-refractivity contribution is -0.137. The summed E-state index contributed by atoms with van der Waals surface area (Å²) in [7, 11) is 0. The third kappa shape index (κ3) is 7.55.